The standard InChI is InChI=1S/C24H32N2O2S/c1-19-6-2-3-7-21(19)17-25-12-10-20(11-13-25)16-26(18-22-8-4-14-28-22)24(27)23-9-5-15-29-23/h2-3,5-7,9,15,20,22H,4,8,10-14,16-18H2,1H3/t22-/m1/s1. The number of aryl methyl sites for hydroxylation is 1. The van der Waals surface area contributed by atoms with Crippen molar-refractivity contribution in [3.05, 3.63) is 57.8 Å². The third kappa shape index (κ3) is 5.47. The molecule has 0 saturated carbocycles. The van der Waals surface area contributed by atoms with Crippen molar-refractivity contribution in [2.45, 2.75) is 45.3 Å². The Bertz CT molecular complexity index is 778. The largest absolute Gasteiger partial charge is 0.376 e. The molecule has 1 amide bonds. The van der Waals surface area contributed by atoms with Gasteiger partial charge in [0.1, 0.15) is 0 Å². The average molecular weight is 413 g/mol. The summed E-state index contributed by atoms with van der Waals surface area (Å²) in [6.07, 6.45) is 4.71. The van der Waals surface area contributed by atoms with Gasteiger partial charge in [-0.15, -0.1) is 11.3 Å². The number of rotatable bonds is 7. The third-order valence-corrected chi connectivity index (χ3v) is 7.17. The van der Waals surface area contributed by atoms with E-state index in [1.165, 1.54) is 11.1 Å². The van der Waals surface area contributed by atoms with Gasteiger partial charge in [0.25, 0.3) is 5.91 Å². The zero-order chi connectivity index (χ0) is 20.1. The van der Waals surface area contributed by atoms with E-state index in [2.05, 4.69) is 41.0 Å². The van der Waals surface area contributed by atoms with E-state index in [9.17, 15) is 4.79 Å². The van der Waals surface area contributed by atoms with Crippen molar-refractivity contribution >= 4 is 17.2 Å². The lowest BCUT2D eigenvalue weighted by molar-refractivity contribution is 0.0448. The summed E-state index contributed by atoms with van der Waals surface area (Å²) in [5, 5.41) is 1.99. The predicted molar refractivity (Wildman–Crippen MR) is 118 cm³/mol. The summed E-state index contributed by atoms with van der Waals surface area (Å²) in [7, 11) is 0. The second-order valence-corrected chi connectivity index (χ2v) is 9.42. The maximum absolute atomic E-state index is 13.1. The number of piperidine rings is 1. The van der Waals surface area contributed by atoms with E-state index < -0.39 is 0 Å². The monoisotopic (exact) mass is 412 g/mol. The smallest absolute Gasteiger partial charge is 0.264 e. The van der Waals surface area contributed by atoms with Gasteiger partial charge in [-0.2, -0.15) is 0 Å². The molecule has 2 aromatic rings. The van der Waals surface area contributed by atoms with E-state index in [0.29, 0.717) is 5.92 Å². The lowest BCUT2D eigenvalue weighted by atomic mass is 9.95. The number of hydrogen-bond acceptors (Lipinski definition) is 4. The number of nitrogens with zero attached hydrogens (tertiary/aromatic N) is 2. The summed E-state index contributed by atoms with van der Waals surface area (Å²) >= 11 is 1.54. The van der Waals surface area contributed by atoms with Gasteiger partial charge in [-0.25, -0.2) is 0 Å². The molecular formula is C24H32N2O2S. The summed E-state index contributed by atoms with van der Waals surface area (Å²) in [5.41, 5.74) is 2.80. The van der Waals surface area contributed by atoms with Crippen LogP contribution >= 0.6 is 11.3 Å². The van der Waals surface area contributed by atoms with Crippen LogP contribution in [0.25, 0.3) is 0 Å². The van der Waals surface area contributed by atoms with Gasteiger partial charge in [-0.1, -0.05) is 30.3 Å². The van der Waals surface area contributed by atoms with E-state index in [1.54, 1.807) is 11.3 Å². The molecule has 156 valence electrons. The lowest BCUT2D eigenvalue weighted by Crippen LogP contribution is -2.43. The Hall–Kier alpha value is -1.69. The van der Waals surface area contributed by atoms with Gasteiger partial charge in [-0.3, -0.25) is 9.69 Å². The zero-order valence-corrected chi connectivity index (χ0v) is 18.2. The second-order valence-electron chi connectivity index (χ2n) is 8.47. The zero-order valence-electron chi connectivity index (χ0n) is 17.4. The number of hydrogen-bond donors (Lipinski definition) is 0. The minimum atomic E-state index is 0.179. The fraction of sp³-hybridized carbons (Fsp3) is 0.542. The molecule has 0 unspecified atom stereocenters. The first kappa shape index (κ1) is 20.6. The number of amides is 1. The van der Waals surface area contributed by atoms with Crippen LogP contribution in [-0.2, 0) is 11.3 Å². The molecule has 1 aromatic carbocycles. The lowest BCUT2D eigenvalue weighted by Gasteiger charge is -2.35. The van der Waals surface area contributed by atoms with E-state index in [0.717, 1.165) is 69.9 Å². The van der Waals surface area contributed by atoms with Crippen LogP contribution in [0.4, 0.5) is 0 Å². The van der Waals surface area contributed by atoms with Crippen molar-refractivity contribution in [2.75, 3.05) is 32.8 Å². The Balaban J connectivity index is 1.33. The molecular weight excluding hydrogens is 380 g/mol. The molecule has 2 aliphatic heterocycles. The van der Waals surface area contributed by atoms with Gasteiger partial charge < -0.3 is 9.64 Å². The molecule has 4 nitrogen and oxygen atoms in total. The van der Waals surface area contributed by atoms with Crippen LogP contribution in [0.3, 0.4) is 0 Å². The Morgan fingerprint density at radius 3 is 2.66 bits per heavy atom. The molecule has 1 aromatic heterocycles. The first-order valence-electron chi connectivity index (χ1n) is 10.9. The van der Waals surface area contributed by atoms with Crippen molar-refractivity contribution in [3.8, 4) is 0 Å². The topological polar surface area (TPSA) is 32.8 Å². The van der Waals surface area contributed by atoms with Gasteiger partial charge in [0.05, 0.1) is 11.0 Å². The molecule has 0 N–H and O–H groups in total. The normalized spacial score (nSPS) is 20.8. The Morgan fingerprint density at radius 2 is 1.97 bits per heavy atom. The Kier molecular flexibility index (Phi) is 7.01. The van der Waals surface area contributed by atoms with Crippen LogP contribution < -0.4 is 0 Å². The van der Waals surface area contributed by atoms with Crippen molar-refractivity contribution < 1.29 is 9.53 Å². The number of carbonyl (C=O) groups excluding carboxylic acids is 1. The SMILES string of the molecule is Cc1ccccc1CN1CCC(CN(C[C@H]2CCCO2)C(=O)c2cccs2)CC1. The summed E-state index contributed by atoms with van der Waals surface area (Å²) in [6.45, 7) is 7.88. The molecule has 3 heterocycles. The average Bonchev–Trinajstić information content (AvgIpc) is 3.44. The van der Waals surface area contributed by atoms with Crippen LogP contribution in [0.1, 0.15) is 46.5 Å². The molecule has 2 aliphatic rings. The number of benzene rings is 1. The number of likely N-dealkylation sites (tertiary alicyclic amines) is 1. The summed E-state index contributed by atoms with van der Waals surface area (Å²) in [6, 6.07) is 12.6. The number of carbonyl (C=O) groups is 1. The first-order valence-corrected chi connectivity index (χ1v) is 11.8. The van der Waals surface area contributed by atoms with Crippen LogP contribution in [0, 0.1) is 12.8 Å². The Labute approximate surface area is 178 Å². The molecule has 29 heavy (non-hydrogen) atoms. The maximum Gasteiger partial charge on any atom is 0.264 e. The van der Waals surface area contributed by atoms with Gasteiger partial charge >= 0.3 is 0 Å². The number of ether oxygens (including phenoxy) is 1. The van der Waals surface area contributed by atoms with Gasteiger partial charge in [0.15, 0.2) is 0 Å². The van der Waals surface area contributed by atoms with Crippen molar-refractivity contribution in [3.63, 3.8) is 0 Å². The fourth-order valence-electron chi connectivity index (χ4n) is 4.50. The molecule has 2 saturated heterocycles. The molecule has 2 fully saturated rings. The van der Waals surface area contributed by atoms with Crippen LogP contribution in [-0.4, -0.2) is 54.6 Å². The van der Waals surface area contributed by atoms with Gasteiger partial charge in [0, 0.05) is 26.2 Å². The molecule has 0 spiro atoms. The van der Waals surface area contributed by atoms with Crippen molar-refractivity contribution in [1.29, 1.82) is 0 Å². The highest BCUT2D eigenvalue weighted by Gasteiger charge is 2.28. The Morgan fingerprint density at radius 1 is 1.14 bits per heavy atom. The molecule has 4 rings (SSSR count). The molecule has 0 bridgehead atoms. The minimum Gasteiger partial charge on any atom is -0.376 e. The third-order valence-electron chi connectivity index (χ3n) is 6.31. The maximum atomic E-state index is 13.1. The van der Waals surface area contributed by atoms with E-state index in [4.69, 9.17) is 4.74 Å². The summed E-state index contributed by atoms with van der Waals surface area (Å²) < 4.78 is 5.84. The summed E-state index contributed by atoms with van der Waals surface area (Å²) in [4.78, 5) is 18.6. The molecule has 5 heteroatoms. The van der Waals surface area contributed by atoms with Gasteiger partial charge in [0.2, 0.25) is 0 Å². The van der Waals surface area contributed by atoms with Gasteiger partial charge in [-0.05, 0) is 74.2 Å². The van der Waals surface area contributed by atoms with E-state index in [1.807, 2.05) is 17.5 Å². The molecule has 1 atom stereocenters. The van der Waals surface area contributed by atoms with E-state index in [-0.39, 0.29) is 12.0 Å². The van der Waals surface area contributed by atoms with Crippen LogP contribution in [0.15, 0.2) is 41.8 Å². The quantitative estimate of drug-likeness (QED) is 0.667. The van der Waals surface area contributed by atoms with Crippen molar-refractivity contribution in [1.82, 2.24) is 9.80 Å². The highest BCUT2D eigenvalue weighted by Crippen LogP contribution is 2.24. The van der Waals surface area contributed by atoms with Crippen LogP contribution in [0.5, 0.6) is 0 Å². The first-order chi connectivity index (χ1) is 14.2. The highest BCUT2D eigenvalue weighted by atomic mass is 32.1. The highest BCUT2D eigenvalue weighted by molar-refractivity contribution is 7.12. The van der Waals surface area contributed by atoms with Crippen molar-refractivity contribution in [2.24, 2.45) is 5.92 Å². The van der Waals surface area contributed by atoms with Crippen LogP contribution in [0.2, 0.25) is 0 Å². The summed E-state index contributed by atoms with van der Waals surface area (Å²) in [5.74, 6) is 0.756. The molecule has 0 radical (unpaired) electrons. The van der Waals surface area contributed by atoms with E-state index >= 15 is 0 Å². The minimum absolute atomic E-state index is 0.179. The number of thiophene rings is 1. The fourth-order valence-corrected chi connectivity index (χ4v) is 5.19. The second kappa shape index (κ2) is 9.88. The predicted octanol–water partition coefficient (Wildman–Crippen LogP) is 4.59. The molecule has 0 aliphatic carbocycles.